The monoisotopic (exact) mass is 474 g/mol. The van der Waals surface area contributed by atoms with Gasteiger partial charge in [0.1, 0.15) is 5.82 Å². The zero-order valence-corrected chi connectivity index (χ0v) is 19.6. The molecule has 0 spiro atoms. The number of pyridine rings is 1. The second-order valence-corrected chi connectivity index (χ2v) is 8.76. The van der Waals surface area contributed by atoms with Gasteiger partial charge in [-0.15, -0.1) is 12.4 Å². The Balaban J connectivity index is 0.00000306. The molecule has 2 aromatic carbocycles. The molecular formula is C25H29ClF2N4O. The first-order valence-corrected chi connectivity index (χ1v) is 10.9. The van der Waals surface area contributed by atoms with Crippen molar-refractivity contribution >= 4 is 40.7 Å². The van der Waals surface area contributed by atoms with E-state index in [4.69, 9.17) is 10.7 Å². The van der Waals surface area contributed by atoms with Crippen molar-refractivity contribution in [2.45, 2.75) is 38.1 Å². The lowest BCUT2D eigenvalue weighted by Crippen LogP contribution is -2.28. The van der Waals surface area contributed by atoms with Gasteiger partial charge < -0.3 is 16.0 Å². The lowest BCUT2D eigenvalue weighted by Gasteiger charge is -2.30. The molecular weight excluding hydrogens is 446 g/mol. The van der Waals surface area contributed by atoms with Crippen LogP contribution in [-0.2, 0) is 6.42 Å². The van der Waals surface area contributed by atoms with Gasteiger partial charge in [-0.2, -0.15) is 0 Å². The summed E-state index contributed by atoms with van der Waals surface area (Å²) in [5, 5.41) is 4.66. The third-order valence-electron chi connectivity index (χ3n) is 6.33. The molecule has 3 N–H and O–H groups in total. The van der Waals surface area contributed by atoms with E-state index >= 15 is 0 Å². The lowest BCUT2D eigenvalue weighted by atomic mass is 9.81. The Bertz CT molecular complexity index is 1150. The molecule has 5 nitrogen and oxygen atoms in total. The van der Waals surface area contributed by atoms with Crippen molar-refractivity contribution in [2.75, 3.05) is 24.3 Å². The Morgan fingerprint density at radius 2 is 1.82 bits per heavy atom. The smallest absolute Gasteiger partial charge is 0.249 e. The van der Waals surface area contributed by atoms with E-state index in [1.54, 1.807) is 0 Å². The Labute approximate surface area is 198 Å². The molecule has 1 fully saturated rings. The standard InChI is InChI=1S/C25H28F2N4O.ClH/c1-31(2)22-14-23(30-21-6-4-3-5-18(21)22)29-16-9-7-15(8-10-16)13-19-17(25(28)32)11-12-20(26)24(19)27;/h3-6,11-12,14-16H,7-10,13H2,1-2H3,(H2,28,32)(H,29,30);1H. The first kappa shape index (κ1) is 24.7. The molecule has 0 bridgehead atoms. The third-order valence-corrected chi connectivity index (χ3v) is 6.33. The highest BCUT2D eigenvalue weighted by Gasteiger charge is 2.26. The summed E-state index contributed by atoms with van der Waals surface area (Å²) in [6.45, 7) is 0. The summed E-state index contributed by atoms with van der Waals surface area (Å²) < 4.78 is 28.1. The van der Waals surface area contributed by atoms with E-state index in [0.29, 0.717) is 6.42 Å². The van der Waals surface area contributed by atoms with Gasteiger partial charge in [0.15, 0.2) is 11.6 Å². The number of halogens is 3. The van der Waals surface area contributed by atoms with E-state index in [2.05, 4.69) is 22.3 Å². The number of nitrogens with two attached hydrogens (primary N) is 1. The molecule has 1 heterocycles. The number of nitrogens with zero attached hydrogens (tertiary/aromatic N) is 2. The number of amides is 1. The number of anilines is 2. The molecule has 1 amide bonds. The van der Waals surface area contributed by atoms with Gasteiger partial charge in [0, 0.05) is 48.4 Å². The van der Waals surface area contributed by atoms with Crippen molar-refractivity contribution in [3.05, 3.63) is 65.2 Å². The second-order valence-electron chi connectivity index (χ2n) is 8.76. The van der Waals surface area contributed by atoms with Gasteiger partial charge in [-0.25, -0.2) is 13.8 Å². The Hall–Kier alpha value is -2.93. The van der Waals surface area contributed by atoms with E-state index in [0.717, 1.165) is 54.2 Å². The zero-order chi connectivity index (χ0) is 22.8. The SMILES string of the molecule is CN(C)c1cc(NC2CCC(Cc3c(C(N)=O)ccc(F)c3F)CC2)nc2ccccc12.Cl. The Kier molecular flexibility index (Phi) is 7.74. The first-order chi connectivity index (χ1) is 15.3. The Morgan fingerprint density at radius 3 is 2.48 bits per heavy atom. The highest BCUT2D eigenvalue weighted by Crippen LogP contribution is 2.33. The molecule has 0 unspecified atom stereocenters. The number of carbonyl (C=O) groups excluding carboxylic acids is 1. The quantitative estimate of drug-likeness (QED) is 0.507. The van der Waals surface area contributed by atoms with Crippen molar-refractivity contribution < 1.29 is 13.6 Å². The predicted octanol–water partition coefficient (Wildman–Crippen LogP) is 5.31. The predicted molar refractivity (Wildman–Crippen MR) is 131 cm³/mol. The molecule has 4 rings (SSSR count). The van der Waals surface area contributed by atoms with Crippen molar-refractivity contribution in [1.29, 1.82) is 0 Å². The van der Waals surface area contributed by atoms with Crippen molar-refractivity contribution in [2.24, 2.45) is 11.7 Å². The van der Waals surface area contributed by atoms with Crippen LogP contribution < -0.4 is 16.0 Å². The van der Waals surface area contributed by atoms with Crippen LogP contribution in [0.4, 0.5) is 20.3 Å². The van der Waals surface area contributed by atoms with Crippen molar-refractivity contribution in [3.8, 4) is 0 Å². The number of primary amides is 1. The van der Waals surface area contributed by atoms with Crippen LogP contribution in [0.15, 0.2) is 42.5 Å². The molecule has 8 heteroatoms. The van der Waals surface area contributed by atoms with Gasteiger partial charge >= 0.3 is 0 Å². The van der Waals surface area contributed by atoms with Gasteiger partial charge in [0.05, 0.1) is 5.52 Å². The number of benzene rings is 2. The minimum atomic E-state index is -0.960. The van der Waals surface area contributed by atoms with Crippen LogP contribution in [-0.4, -0.2) is 31.0 Å². The average molecular weight is 475 g/mol. The van der Waals surface area contributed by atoms with Crippen LogP contribution in [0.3, 0.4) is 0 Å². The van der Waals surface area contributed by atoms with Crippen LogP contribution in [0.5, 0.6) is 0 Å². The van der Waals surface area contributed by atoms with E-state index in [1.807, 2.05) is 32.3 Å². The van der Waals surface area contributed by atoms with Gasteiger partial charge in [0.25, 0.3) is 0 Å². The maximum Gasteiger partial charge on any atom is 0.249 e. The number of hydrogen-bond acceptors (Lipinski definition) is 4. The van der Waals surface area contributed by atoms with Crippen LogP contribution >= 0.6 is 12.4 Å². The number of rotatable bonds is 6. The summed E-state index contributed by atoms with van der Waals surface area (Å²) in [7, 11) is 4.03. The summed E-state index contributed by atoms with van der Waals surface area (Å²) in [5.41, 5.74) is 7.58. The van der Waals surface area contributed by atoms with Gasteiger partial charge in [-0.1, -0.05) is 18.2 Å². The highest BCUT2D eigenvalue weighted by atomic mass is 35.5. The van der Waals surface area contributed by atoms with E-state index in [1.165, 1.54) is 6.07 Å². The molecule has 1 aliphatic carbocycles. The summed E-state index contributed by atoms with van der Waals surface area (Å²) in [6.07, 6.45) is 3.78. The molecule has 176 valence electrons. The molecule has 0 aliphatic heterocycles. The molecule has 0 atom stereocenters. The van der Waals surface area contributed by atoms with Crippen molar-refractivity contribution in [3.63, 3.8) is 0 Å². The number of para-hydroxylation sites is 1. The van der Waals surface area contributed by atoms with Gasteiger partial charge in [-0.3, -0.25) is 4.79 Å². The van der Waals surface area contributed by atoms with Gasteiger partial charge in [0.2, 0.25) is 5.91 Å². The Morgan fingerprint density at radius 1 is 1.12 bits per heavy atom. The average Bonchev–Trinajstić information content (AvgIpc) is 2.77. The van der Waals surface area contributed by atoms with E-state index in [-0.39, 0.29) is 35.5 Å². The number of fused-ring (bicyclic) bond motifs is 1. The lowest BCUT2D eigenvalue weighted by molar-refractivity contribution is 0.0998. The normalized spacial score (nSPS) is 17.9. The van der Waals surface area contributed by atoms with Crippen LogP contribution in [0, 0.1) is 17.6 Å². The zero-order valence-electron chi connectivity index (χ0n) is 18.8. The first-order valence-electron chi connectivity index (χ1n) is 10.9. The summed E-state index contributed by atoms with van der Waals surface area (Å²) >= 11 is 0. The van der Waals surface area contributed by atoms with Crippen LogP contribution in [0.2, 0.25) is 0 Å². The third kappa shape index (κ3) is 5.36. The molecule has 0 radical (unpaired) electrons. The maximum absolute atomic E-state index is 14.4. The van der Waals surface area contributed by atoms with Crippen molar-refractivity contribution in [1.82, 2.24) is 4.98 Å². The minimum absolute atomic E-state index is 0. The largest absolute Gasteiger partial charge is 0.377 e. The molecule has 1 aliphatic rings. The summed E-state index contributed by atoms with van der Waals surface area (Å²) in [4.78, 5) is 18.5. The summed E-state index contributed by atoms with van der Waals surface area (Å²) in [5.74, 6) is -1.63. The molecule has 1 saturated carbocycles. The van der Waals surface area contributed by atoms with Crippen LogP contribution in [0.25, 0.3) is 10.9 Å². The number of carbonyl (C=O) groups is 1. The van der Waals surface area contributed by atoms with Crippen LogP contribution in [0.1, 0.15) is 41.6 Å². The number of hydrogen-bond donors (Lipinski definition) is 2. The highest BCUT2D eigenvalue weighted by molar-refractivity contribution is 5.94. The van der Waals surface area contributed by atoms with E-state index < -0.39 is 17.5 Å². The number of nitrogens with one attached hydrogen (secondary N) is 1. The topological polar surface area (TPSA) is 71.2 Å². The molecule has 0 saturated heterocycles. The minimum Gasteiger partial charge on any atom is -0.377 e. The second kappa shape index (κ2) is 10.3. The molecule has 33 heavy (non-hydrogen) atoms. The fraction of sp³-hybridized carbons (Fsp3) is 0.360. The van der Waals surface area contributed by atoms with Gasteiger partial charge in [-0.05, 0) is 56.2 Å². The number of aromatic nitrogens is 1. The summed E-state index contributed by atoms with van der Waals surface area (Å²) in [6, 6.07) is 12.6. The maximum atomic E-state index is 14.4. The fourth-order valence-corrected chi connectivity index (χ4v) is 4.63. The van der Waals surface area contributed by atoms with E-state index in [9.17, 15) is 13.6 Å². The molecule has 1 aromatic heterocycles. The molecule has 3 aromatic rings. The fourth-order valence-electron chi connectivity index (χ4n) is 4.63.